The highest BCUT2D eigenvalue weighted by Crippen LogP contribution is 2.26. The maximum Gasteiger partial charge on any atom is 0.266 e. The van der Waals surface area contributed by atoms with Gasteiger partial charge in [0.25, 0.3) is 5.56 Å². The number of nitrogens with zero attached hydrogens (tertiary/aromatic N) is 2. The maximum absolute atomic E-state index is 14.0. The van der Waals surface area contributed by atoms with Crippen LogP contribution in [0.5, 0.6) is 5.75 Å². The first-order valence-electron chi connectivity index (χ1n) is 8.80. The van der Waals surface area contributed by atoms with E-state index in [0.717, 1.165) is 5.56 Å². The van der Waals surface area contributed by atoms with Crippen molar-refractivity contribution in [3.8, 4) is 11.4 Å². The second-order valence-corrected chi connectivity index (χ2v) is 7.23. The molecule has 0 spiro atoms. The smallest absolute Gasteiger partial charge is 0.266 e. The number of benzene rings is 3. The minimum atomic E-state index is -0.451. The third kappa shape index (κ3) is 3.86. The highest BCUT2D eigenvalue weighted by Gasteiger charge is 2.14. The van der Waals surface area contributed by atoms with Crippen LogP contribution in [-0.4, -0.2) is 16.7 Å². The molecule has 1 aromatic heterocycles. The Hall–Kier alpha value is -3.19. The fourth-order valence-corrected chi connectivity index (χ4v) is 3.93. The van der Waals surface area contributed by atoms with Gasteiger partial charge < -0.3 is 4.74 Å². The van der Waals surface area contributed by atoms with Gasteiger partial charge in [0.05, 0.1) is 23.7 Å². The summed E-state index contributed by atoms with van der Waals surface area (Å²) in [7, 11) is 1.41. The van der Waals surface area contributed by atoms with E-state index >= 15 is 0 Å². The molecular weight excluding hydrogens is 394 g/mol. The van der Waals surface area contributed by atoms with E-state index < -0.39 is 11.6 Å². The largest absolute Gasteiger partial charge is 0.494 e. The molecule has 0 fully saturated rings. The van der Waals surface area contributed by atoms with Gasteiger partial charge >= 0.3 is 0 Å². The molecule has 29 heavy (non-hydrogen) atoms. The Kier molecular flexibility index (Phi) is 5.31. The quantitative estimate of drug-likeness (QED) is 0.344. The van der Waals surface area contributed by atoms with Crippen LogP contribution in [0.2, 0.25) is 0 Å². The number of fused-ring (bicyclic) bond motifs is 1. The lowest BCUT2D eigenvalue weighted by Gasteiger charge is -2.13. The van der Waals surface area contributed by atoms with Gasteiger partial charge in [-0.05, 0) is 54.1 Å². The van der Waals surface area contributed by atoms with Crippen molar-refractivity contribution in [2.75, 3.05) is 7.11 Å². The SMILES string of the molecule is COc1ccc(CSc2nc3ccccc3c(=O)n2-c2ccc(F)cc2)cc1F. The molecule has 0 aliphatic heterocycles. The van der Waals surface area contributed by atoms with E-state index in [1.807, 2.05) is 6.07 Å². The van der Waals surface area contributed by atoms with Gasteiger partial charge in [0.15, 0.2) is 16.7 Å². The van der Waals surface area contributed by atoms with Gasteiger partial charge in [-0.25, -0.2) is 13.8 Å². The summed E-state index contributed by atoms with van der Waals surface area (Å²) >= 11 is 1.30. The Bertz CT molecular complexity index is 1240. The molecule has 4 aromatic rings. The molecule has 7 heteroatoms. The molecule has 0 aliphatic rings. The standard InChI is InChI=1S/C22H16F2N2O2S/c1-28-20-11-6-14(12-18(20)24)13-29-22-25-19-5-3-2-4-17(19)21(27)26(22)16-9-7-15(23)8-10-16/h2-12H,13H2,1H3. The van der Waals surface area contributed by atoms with Crippen molar-refractivity contribution < 1.29 is 13.5 Å². The molecule has 0 unspecified atom stereocenters. The van der Waals surface area contributed by atoms with Gasteiger partial charge in [-0.2, -0.15) is 0 Å². The minimum Gasteiger partial charge on any atom is -0.494 e. The number of ether oxygens (including phenoxy) is 1. The topological polar surface area (TPSA) is 44.1 Å². The summed E-state index contributed by atoms with van der Waals surface area (Å²) in [6.45, 7) is 0. The molecular formula is C22H16F2N2O2S. The van der Waals surface area contributed by atoms with Gasteiger partial charge in [0.2, 0.25) is 0 Å². The number of methoxy groups -OCH3 is 1. The number of hydrogen-bond acceptors (Lipinski definition) is 4. The lowest BCUT2D eigenvalue weighted by Crippen LogP contribution is -2.21. The predicted octanol–water partition coefficient (Wildman–Crippen LogP) is 4.96. The van der Waals surface area contributed by atoms with Gasteiger partial charge in [-0.15, -0.1) is 0 Å². The zero-order chi connectivity index (χ0) is 20.4. The summed E-state index contributed by atoms with van der Waals surface area (Å²) in [5, 5.41) is 0.910. The average Bonchev–Trinajstić information content (AvgIpc) is 2.73. The van der Waals surface area contributed by atoms with Crippen molar-refractivity contribution in [2.45, 2.75) is 10.9 Å². The zero-order valence-corrected chi connectivity index (χ0v) is 16.2. The summed E-state index contributed by atoms with van der Waals surface area (Å²) in [6, 6.07) is 17.4. The first-order chi connectivity index (χ1) is 14.1. The predicted molar refractivity (Wildman–Crippen MR) is 110 cm³/mol. The van der Waals surface area contributed by atoms with Crippen molar-refractivity contribution in [2.24, 2.45) is 0 Å². The first kappa shape index (κ1) is 19.1. The Morgan fingerprint density at radius 3 is 2.52 bits per heavy atom. The zero-order valence-electron chi connectivity index (χ0n) is 15.4. The molecule has 0 amide bonds. The number of rotatable bonds is 5. The van der Waals surface area contributed by atoms with Crippen LogP contribution >= 0.6 is 11.8 Å². The van der Waals surface area contributed by atoms with E-state index in [0.29, 0.717) is 27.5 Å². The lowest BCUT2D eigenvalue weighted by molar-refractivity contribution is 0.386. The van der Waals surface area contributed by atoms with E-state index in [2.05, 4.69) is 4.98 Å². The first-order valence-corrected chi connectivity index (χ1v) is 9.78. The molecule has 0 bridgehead atoms. The van der Waals surface area contributed by atoms with E-state index in [-0.39, 0.29) is 11.3 Å². The number of hydrogen-bond donors (Lipinski definition) is 0. The van der Waals surface area contributed by atoms with Gasteiger partial charge in [0.1, 0.15) is 5.82 Å². The van der Waals surface area contributed by atoms with Crippen LogP contribution in [-0.2, 0) is 5.75 Å². The van der Waals surface area contributed by atoms with Crippen molar-refractivity contribution >= 4 is 22.7 Å². The molecule has 4 rings (SSSR count). The van der Waals surface area contributed by atoms with Crippen LogP contribution in [0.15, 0.2) is 76.7 Å². The third-order valence-electron chi connectivity index (χ3n) is 4.41. The van der Waals surface area contributed by atoms with Crippen molar-refractivity contribution in [1.82, 2.24) is 9.55 Å². The number of thioether (sulfide) groups is 1. The summed E-state index contributed by atoms with van der Waals surface area (Å²) in [5.74, 6) is -0.273. The van der Waals surface area contributed by atoms with E-state index in [9.17, 15) is 13.6 Å². The molecule has 0 N–H and O–H groups in total. The van der Waals surface area contributed by atoms with E-state index in [1.54, 1.807) is 30.3 Å². The Balaban J connectivity index is 1.78. The fourth-order valence-electron chi connectivity index (χ4n) is 2.97. The highest BCUT2D eigenvalue weighted by molar-refractivity contribution is 7.98. The Morgan fingerprint density at radius 1 is 1.03 bits per heavy atom. The van der Waals surface area contributed by atoms with Crippen LogP contribution in [0.25, 0.3) is 16.6 Å². The minimum absolute atomic E-state index is 0.172. The molecule has 3 aromatic carbocycles. The molecule has 1 heterocycles. The van der Waals surface area contributed by atoms with Crippen molar-refractivity contribution in [3.63, 3.8) is 0 Å². The molecule has 0 radical (unpaired) electrons. The lowest BCUT2D eigenvalue weighted by atomic mass is 10.2. The summed E-state index contributed by atoms with van der Waals surface area (Å²) < 4.78 is 33.8. The van der Waals surface area contributed by atoms with Crippen LogP contribution in [0.1, 0.15) is 5.56 Å². The Morgan fingerprint density at radius 2 is 1.79 bits per heavy atom. The highest BCUT2D eigenvalue weighted by atomic mass is 32.2. The third-order valence-corrected chi connectivity index (χ3v) is 5.42. The van der Waals surface area contributed by atoms with Crippen molar-refractivity contribution in [1.29, 1.82) is 0 Å². The number of halogens is 2. The van der Waals surface area contributed by atoms with E-state index in [4.69, 9.17) is 4.74 Å². The normalized spacial score (nSPS) is 11.0. The molecule has 0 atom stereocenters. The summed E-state index contributed by atoms with van der Waals surface area (Å²) in [5.41, 5.74) is 1.56. The van der Waals surface area contributed by atoms with Gasteiger partial charge in [-0.3, -0.25) is 9.36 Å². The van der Waals surface area contributed by atoms with Gasteiger partial charge in [-0.1, -0.05) is 30.0 Å². The summed E-state index contributed by atoms with van der Waals surface area (Å²) in [4.78, 5) is 17.7. The number of para-hydroxylation sites is 1. The van der Waals surface area contributed by atoms with Crippen molar-refractivity contribution in [3.05, 3.63) is 94.3 Å². The monoisotopic (exact) mass is 410 g/mol. The van der Waals surface area contributed by atoms with Crippen LogP contribution in [0.4, 0.5) is 8.78 Å². The van der Waals surface area contributed by atoms with Crippen LogP contribution < -0.4 is 10.3 Å². The van der Waals surface area contributed by atoms with Crippen LogP contribution in [0.3, 0.4) is 0 Å². The molecule has 146 valence electrons. The van der Waals surface area contributed by atoms with E-state index in [1.165, 1.54) is 53.8 Å². The average molecular weight is 410 g/mol. The molecule has 0 saturated carbocycles. The maximum atomic E-state index is 14.0. The second-order valence-electron chi connectivity index (χ2n) is 6.29. The molecule has 0 aliphatic carbocycles. The molecule has 4 nitrogen and oxygen atoms in total. The fraction of sp³-hybridized carbons (Fsp3) is 0.0909. The summed E-state index contributed by atoms with van der Waals surface area (Å²) in [6.07, 6.45) is 0. The molecule has 0 saturated heterocycles. The number of aromatic nitrogens is 2. The van der Waals surface area contributed by atoms with Crippen LogP contribution in [0, 0.1) is 11.6 Å². The Labute approximate surface area is 169 Å². The second kappa shape index (κ2) is 8.05. The van der Waals surface area contributed by atoms with Gasteiger partial charge in [0, 0.05) is 5.75 Å².